The van der Waals surface area contributed by atoms with Crippen molar-refractivity contribution in [3.8, 4) is 0 Å². The standard InChI is InChI=1S/C20H41O8/c1-4-7-12-17(22)26-16(11-10-15-21)20(25,27-18(23)13-8-5-2)28-19(24)14-9-6-3/h16-19,22-25H,4-15H2,1-3H3. The van der Waals surface area contributed by atoms with Crippen LogP contribution >= 0.6 is 0 Å². The summed E-state index contributed by atoms with van der Waals surface area (Å²) in [6.07, 6.45) is 0.525. The lowest BCUT2D eigenvalue weighted by Crippen LogP contribution is -2.54. The topological polar surface area (TPSA) is 129 Å². The molecule has 1 radical (unpaired) electrons. The van der Waals surface area contributed by atoms with Crippen LogP contribution in [0, 0.1) is 0 Å². The lowest BCUT2D eigenvalue weighted by Gasteiger charge is -2.38. The van der Waals surface area contributed by atoms with Gasteiger partial charge in [-0.25, -0.2) is 5.11 Å². The number of rotatable bonds is 19. The van der Waals surface area contributed by atoms with Crippen molar-refractivity contribution in [1.29, 1.82) is 0 Å². The minimum Gasteiger partial charge on any atom is -0.368 e. The van der Waals surface area contributed by atoms with E-state index in [-0.39, 0.29) is 25.7 Å². The summed E-state index contributed by atoms with van der Waals surface area (Å²) in [6.45, 7) is 5.47. The minimum atomic E-state index is -2.48. The van der Waals surface area contributed by atoms with Gasteiger partial charge in [0.25, 0.3) is 0 Å². The maximum atomic E-state index is 11.0. The van der Waals surface area contributed by atoms with Gasteiger partial charge in [0, 0.05) is 0 Å². The monoisotopic (exact) mass is 409 g/mol. The number of hydrogen-bond acceptors (Lipinski definition) is 7. The van der Waals surface area contributed by atoms with Gasteiger partial charge in [0.2, 0.25) is 0 Å². The molecule has 8 heteroatoms. The summed E-state index contributed by atoms with van der Waals surface area (Å²) in [7, 11) is 0. The van der Waals surface area contributed by atoms with Crippen LogP contribution in [0.1, 0.15) is 91.4 Å². The Labute approximate surface area is 169 Å². The molecule has 0 heterocycles. The van der Waals surface area contributed by atoms with Crippen LogP contribution in [-0.4, -0.2) is 58.0 Å². The summed E-state index contributed by atoms with van der Waals surface area (Å²) in [4.78, 5) is 0. The van der Waals surface area contributed by atoms with Gasteiger partial charge < -0.3 is 25.2 Å². The molecule has 0 fully saturated rings. The van der Waals surface area contributed by atoms with E-state index < -0.39 is 37.6 Å². The van der Waals surface area contributed by atoms with E-state index in [0.717, 1.165) is 19.3 Å². The fraction of sp³-hybridized carbons (Fsp3) is 1.00. The summed E-state index contributed by atoms with van der Waals surface area (Å²) in [5, 5.41) is 52.4. The van der Waals surface area contributed by atoms with Crippen LogP contribution in [0.2, 0.25) is 0 Å². The van der Waals surface area contributed by atoms with Crippen LogP contribution in [0.3, 0.4) is 0 Å². The minimum absolute atomic E-state index is 0.0458. The third kappa shape index (κ3) is 12.3. The third-order valence-electron chi connectivity index (χ3n) is 4.36. The van der Waals surface area contributed by atoms with E-state index in [0.29, 0.717) is 25.7 Å². The van der Waals surface area contributed by atoms with Crippen molar-refractivity contribution < 1.29 is 39.7 Å². The highest BCUT2D eigenvalue weighted by molar-refractivity contribution is 4.73. The van der Waals surface area contributed by atoms with Gasteiger partial charge in [0.1, 0.15) is 6.10 Å². The van der Waals surface area contributed by atoms with Gasteiger partial charge in [-0.05, 0) is 51.4 Å². The molecule has 0 saturated heterocycles. The Kier molecular flexibility index (Phi) is 16.3. The van der Waals surface area contributed by atoms with E-state index in [2.05, 4.69) is 0 Å². The Hall–Kier alpha value is -0.320. The number of ether oxygens (including phenoxy) is 3. The average Bonchev–Trinajstić information content (AvgIpc) is 2.65. The molecule has 4 atom stereocenters. The summed E-state index contributed by atoms with van der Waals surface area (Å²) >= 11 is 0. The molecule has 0 saturated carbocycles. The van der Waals surface area contributed by atoms with Gasteiger partial charge >= 0.3 is 5.97 Å². The Morgan fingerprint density at radius 2 is 1.14 bits per heavy atom. The first-order valence-electron chi connectivity index (χ1n) is 10.7. The first kappa shape index (κ1) is 27.7. The van der Waals surface area contributed by atoms with Crippen molar-refractivity contribution in [1.82, 2.24) is 0 Å². The normalized spacial score (nSPS) is 18.4. The van der Waals surface area contributed by atoms with Gasteiger partial charge in [-0.2, -0.15) is 0 Å². The molecule has 0 bridgehead atoms. The smallest absolute Gasteiger partial charge is 0.312 e. The van der Waals surface area contributed by atoms with Gasteiger partial charge in [0.15, 0.2) is 18.9 Å². The molecule has 4 unspecified atom stereocenters. The summed E-state index contributed by atoms with van der Waals surface area (Å²) in [5.41, 5.74) is 0. The van der Waals surface area contributed by atoms with Crippen molar-refractivity contribution in [2.75, 3.05) is 6.61 Å². The Morgan fingerprint density at radius 3 is 1.54 bits per heavy atom. The molecule has 0 aromatic rings. The predicted molar refractivity (Wildman–Crippen MR) is 103 cm³/mol. The Balaban J connectivity index is 5.33. The molecule has 0 aromatic heterocycles. The molecule has 28 heavy (non-hydrogen) atoms. The second-order valence-electron chi connectivity index (χ2n) is 7.13. The molecule has 0 aromatic carbocycles. The number of aliphatic hydroxyl groups excluding tert-OH is 3. The van der Waals surface area contributed by atoms with Crippen LogP contribution < -0.4 is 0 Å². The first-order chi connectivity index (χ1) is 13.3. The molecule has 0 spiro atoms. The van der Waals surface area contributed by atoms with Crippen molar-refractivity contribution in [3.63, 3.8) is 0 Å². The molecule has 169 valence electrons. The van der Waals surface area contributed by atoms with E-state index in [9.17, 15) is 25.5 Å². The second kappa shape index (κ2) is 16.5. The van der Waals surface area contributed by atoms with Crippen LogP contribution in [-0.2, 0) is 19.3 Å². The van der Waals surface area contributed by atoms with Crippen LogP contribution in [0.25, 0.3) is 0 Å². The maximum absolute atomic E-state index is 11.0. The molecule has 0 aliphatic heterocycles. The van der Waals surface area contributed by atoms with Crippen molar-refractivity contribution in [2.24, 2.45) is 0 Å². The lowest BCUT2D eigenvalue weighted by atomic mass is 10.1. The highest BCUT2D eigenvalue weighted by Gasteiger charge is 2.45. The SMILES string of the molecule is CCCCC(O)OC(CCC[O])C(O)(OC(O)CCCC)OC(O)CCCC. The molecule has 0 aliphatic rings. The summed E-state index contributed by atoms with van der Waals surface area (Å²) in [5.74, 6) is -2.48. The molecular formula is C20H41O8. The molecule has 4 N–H and O–H groups in total. The third-order valence-corrected chi connectivity index (χ3v) is 4.36. The van der Waals surface area contributed by atoms with Gasteiger partial charge in [0.05, 0.1) is 6.61 Å². The van der Waals surface area contributed by atoms with Crippen LogP contribution in [0.15, 0.2) is 0 Å². The predicted octanol–water partition coefficient (Wildman–Crippen LogP) is 2.79. The van der Waals surface area contributed by atoms with Crippen LogP contribution in [0.4, 0.5) is 0 Å². The zero-order valence-corrected chi connectivity index (χ0v) is 17.7. The van der Waals surface area contributed by atoms with Crippen molar-refractivity contribution in [3.05, 3.63) is 0 Å². The first-order valence-corrected chi connectivity index (χ1v) is 10.7. The van der Waals surface area contributed by atoms with Gasteiger partial charge in [-0.3, -0.25) is 9.47 Å². The molecule has 0 amide bonds. The average molecular weight is 410 g/mol. The lowest BCUT2D eigenvalue weighted by molar-refractivity contribution is -0.465. The maximum Gasteiger partial charge on any atom is 0.312 e. The van der Waals surface area contributed by atoms with E-state index >= 15 is 0 Å². The summed E-state index contributed by atoms with van der Waals surface area (Å²) < 4.78 is 16.2. The zero-order valence-electron chi connectivity index (χ0n) is 17.7. The fourth-order valence-electron chi connectivity index (χ4n) is 2.69. The fourth-order valence-corrected chi connectivity index (χ4v) is 2.69. The number of hydrogen-bond donors (Lipinski definition) is 4. The molecule has 8 nitrogen and oxygen atoms in total. The van der Waals surface area contributed by atoms with E-state index in [1.165, 1.54) is 0 Å². The van der Waals surface area contributed by atoms with Crippen molar-refractivity contribution in [2.45, 2.75) is 122 Å². The molecule has 0 aliphatic carbocycles. The quantitative estimate of drug-likeness (QED) is 0.241. The largest absolute Gasteiger partial charge is 0.368 e. The van der Waals surface area contributed by atoms with Crippen molar-refractivity contribution >= 4 is 0 Å². The summed E-state index contributed by atoms with van der Waals surface area (Å²) in [6, 6.07) is 0. The van der Waals surface area contributed by atoms with E-state index in [1.54, 1.807) is 0 Å². The second-order valence-corrected chi connectivity index (χ2v) is 7.13. The Bertz CT molecular complexity index is 339. The van der Waals surface area contributed by atoms with E-state index in [4.69, 9.17) is 14.2 Å². The van der Waals surface area contributed by atoms with Gasteiger partial charge in [-0.15, -0.1) is 0 Å². The zero-order chi connectivity index (χ0) is 21.4. The van der Waals surface area contributed by atoms with Gasteiger partial charge in [-0.1, -0.05) is 40.0 Å². The Morgan fingerprint density at radius 1 is 0.714 bits per heavy atom. The number of aliphatic hydroxyl groups is 4. The number of unbranched alkanes of at least 4 members (excludes halogenated alkanes) is 3. The highest BCUT2D eigenvalue weighted by atomic mass is 16.9. The van der Waals surface area contributed by atoms with E-state index in [1.807, 2.05) is 20.8 Å². The molecule has 0 rings (SSSR count). The van der Waals surface area contributed by atoms with Crippen LogP contribution in [0.5, 0.6) is 0 Å². The highest BCUT2D eigenvalue weighted by Crippen LogP contribution is 2.28. The molecular weight excluding hydrogens is 368 g/mol.